The Bertz CT molecular complexity index is 361. The van der Waals surface area contributed by atoms with Crippen LogP contribution >= 0.6 is 0 Å². The average molecular weight is 234 g/mol. The van der Waals surface area contributed by atoms with E-state index in [1.165, 1.54) is 13.2 Å². The van der Waals surface area contributed by atoms with Crippen molar-refractivity contribution in [2.75, 3.05) is 7.11 Å². The van der Waals surface area contributed by atoms with Gasteiger partial charge in [-0.3, -0.25) is 0 Å². The van der Waals surface area contributed by atoms with Crippen molar-refractivity contribution in [3.8, 4) is 5.75 Å². The van der Waals surface area contributed by atoms with Gasteiger partial charge in [-0.2, -0.15) is 13.2 Å². The Morgan fingerprint density at radius 3 is 2.50 bits per heavy atom. The number of hydrogen-bond donors (Lipinski definition) is 1. The Morgan fingerprint density at radius 2 is 2.00 bits per heavy atom. The van der Waals surface area contributed by atoms with Crippen LogP contribution in [0.3, 0.4) is 0 Å². The van der Waals surface area contributed by atoms with E-state index < -0.39 is 18.7 Å². The standard InChI is InChI=1S/C11H13F3O2/c1-7-3-4-10(16-2)8(5-7)9(15)6-11(12,13)14/h3-5,9,15H,6H2,1-2H3. The molecule has 1 atom stereocenters. The number of hydrogen-bond acceptors (Lipinski definition) is 2. The molecule has 1 unspecified atom stereocenters. The monoisotopic (exact) mass is 234 g/mol. The number of benzene rings is 1. The second kappa shape index (κ2) is 4.74. The van der Waals surface area contributed by atoms with Crippen LogP contribution in [-0.4, -0.2) is 18.4 Å². The molecule has 0 saturated carbocycles. The molecule has 1 rings (SSSR count). The van der Waals surface area contributed by atoms with Crippen LogP contribution in [-0.2, 0) is 0 Å². The van der Waals surface area contributed by atoms with E-state index in [0.717, 1.165) is 5.56 Å². The van der Waals surface area contributed by atoms with Crippen LogP contribution in [0, 0.1) is 6.92 Å². The molecule has 0 bridgehead atoms. The number of aliphatic hydroxyl groups excluding tert-OH is 1. The molecule has 0 heterocycles. The number of aliphatic hydroxyl groups is 1. The third kappa shape index (κ3) is 3.41. The zero-order chi connectivity index (χ0) is 12.3. The fourth-order valence-corrected chi connectivity index (χ4v) is 1.44. The molecule has 0 aliphatic heterocycles. The van der Waals surface area contributed by atoms with Crippen LogP contribution in [0.4, 0.5) is 13.2 Å². The van der Waals surface area contributed by atoms with E-state index in [0.29, 0.717) is 0 Å². The SMILES string of the molecule is COc1ccc(C)cc1C(O)CC(F)(F)F. The van der Waals surface area contributed by atoms with Crippen molar-refractivity contribution < 1.29 is 23.0 Å². The highest BCUT2D eigenvalue weighted by Gasteiger charge is 2.32. The Balaban J connectivity index is 2.97. The molecule has 0 aliphatic carbocycles. The summed E-state index contributed by atoms with van der Waals surface area (Å²) in [6.07, 6.45) is -7.25. The topological polar surface area (TPSA) is 29.5 Å². The van der Waals surface area contributed by atoms with Crippen LogP contribution in [0.2, 0.25) is 0 Å². The predicted molar refractivity (Wildman–Crippen MR) is 53.4 cm³/mol. The molecule has 90 valence electrons. The molecule has 0 aliphatic rings. The minimum absolute atomic E-state index is 0.167. The van der Waals surface area contributed by atoms with Crippen molar-refractivity contribution in [2.24, 2.45) is 0 Å². The number of methoxy groups -OCH3 is 1. The summed E-state index contributed by atoms with van der Waals surface area (Å²) in [5, 5.41) is 9.49. The van der Waals surface area contributed by atoms with Gasteiger partial charge in [0.1, 0.15) is 5.75 Å². The van der Waals surface area contributed by atoms with Crippen molar-refractivity contribution in [3.63, 3.8) is 0 Å². The average Bonchev–Trinajstić information content (AvgIpc) is 2.15. The van der Waals surface area contributed by atoms with Gasteiger partial charge in [0.25, 0.3) is 0 Å². The lowest BCUT2D eigenvalue weighted by molar-refractivity contribution is -0.154. The third-order valence-corrected chi connectivity index (χ3v) is 2.17. The fraction of sp³-hybridized carbons (Fsp3) is 0.455. The minimum Gasteiger partial charge on any atom is -0.496 e. The molecule has 0 amide bonds. The second-order valence-corrected chi connectivity index (χ2v) is 3.58. The van der Waals surface area contributed by atoms with Gasteiger partial charge in [-0.25, -0.2) is 0 Å². The Hall–Kier alpha value is -1.23. The molecule has 5 heteroatoms. The van der Waals surface area contributed by atoms with E-state index in [-0.39, 0.29) is 11.3 Å². The molecule has 1 aromatic rings. The minimum atomic E-state index is -4.39. The van der Waals surface area contributed by atoms with Crippen molar-refractivity contribution in [2.45, 2.75) is 25.6 Å². The highest BCUT2D eigenvalue weighted by Crippen LogP contribution is 2.34. The predicted octanol–water partition coefficient (Wildman–Crippen LogP) is 2.99. The lowest BCUT2D eigenvalue weighted by atomic mass is 10.0. The first kappa shape index (κ1) is 12.8. The number of aryl methyl sites for hydroxylation is 1. The molecule has 2 nitrogen and oxygen atoms in total. The Kier molecular flexibility index (Phi) is 3.80. The van der Waals surface area contributed by atoms with Gasteiger partial charge < -0.3 is 9.84 Å². The van der Waals surface area contributed by atoms with Crippen LogP contribution < -0.4 is 4.74 Å². The van der Waals surface area contributed by atoms with Gasteiger partial charge in [-0.1, -0.05) is 11.6 Å². The highest BCUT2D eigenvalue weighted by atomic mass is 19.4. The summed E-state index contributed by atoms with van der Waals surface area (Å²) in [4.78, 5) is 0. The zero-order valence-corrected chi connectivity index (χ0v) is 9.01. The lowest BCUT2D eigenvalue weighted by Gasteiger charge is -2.16. The van der Waals surface area contributed by atoms with Crippen molar-refractivity contribution in [3.05, 3.63) is 29.3 Å². The summed E-state index contributed by atoms with van der Waals surface area (Å²) >= 11 is 0. The maximum absolute atomic E-state index is 12.1. The molecular weight excluding hydrogens is 221 g/mol. The molecular formula is C11H13F3O2. The highest BCUT2D eigenvalue weighted by molar-refractivity contribution is 5.38. The largest absolute Gasteiger partial charge is 0.496 e. The first-order valence-electron chi connectivity index (χ1n) is 4.73. The molecule has 0 spiro atoms. The van der Waals surface area contributed by atoms with Crippen LogP contribution in [0.1, 0.15) is 23.7 Å². The normalized spacial score (nSPS) is 13.6. The van der Waals surface area contributed by atoms with Gasteiger partial charge in [0.05, 0.1) is 19.6 Å². The van der Waals surface area contributed by atoms with E-state index in [9.17, 15) is 18.3 Å². The summed E-state index contributed by atoms with van der Waals surface area (Å²) in [6.45, 7) is 1.74. The van der Waals surface area contributed by atoms with E-state index in [4.69, 9.17) is 4.74 Å². The zero-order valence-electron chi connectivity index (χ0n) is 9.01. The maximum atomic E-state index is 12.1. The second-order valence-electron chi connectivity index (χ2n) is 3.58. The van der Waals surface area contributed by atoms with Gasteiger partial charge in [0.15, 0.2) is 0 Å². The molecule has 16 heavy (non-hydrogen) atoms. The summed E-state index contributed by atoms with van der Waals surface area (Å²) in [5.74, 6) is 0.266. The Morgan fingerprint density at radius 1 is 1.38 bits per heavy atom. The summed E-state index contributed by atoms with van der Waals surface area (Å²) in [6, 6.07) is 4.75. The third-order valence-electron chi connectivity index (χ3n) is 2.17. The quantitative estimate of drug-likeness (QED) is 0.871. The summed E-state index contributed by atoms with van der Waals surface area (Å²) in [5.41, 5.74) is 0.942. The van der Waals surface area contributed by atoms with E-state index in [1.807, 2.05) is 0 Å². The van der Waals surface area contributed by atoms with E-state index in [1.54, 1.807) is 19.1 Å². The van der Waals surface area contributed by atoms with Gasteiger partial charge in [-0.05, 0) is 19.1 Å². The molecule has 0 radical (unpaired) electrons. The van der Waals surface area contributed by atoms with Crippen LogP contribution in [0.25, 0.3) is 0 Å². The molecule has 0 saturated heterocycles. The van der Waals surface area contributed by atoms with Gasteiger partial charge in [-0.15, -0.1) is 0 Å². The van der Waals surface area contributed by atoms with Crippen molar-refractivity contribution in [1.82, 2.24) is 0 Å². The van der Waals surface area contributed by atoms with E-state index >= 15 is 0 Å². The van der Waals surface area contributed by atoms with Crippen molar-refractivity contribution in [1.29, 1.82) is 0 Å². The first-order valence-corrected chi connectivity index (χ1v) is 4.73. The molecule has 1 aromatic carbocycles. The smallest absolute Gasteiger partial charge is 0.391 e. The number of ether oxygens (including phenoxy) is 1. The van der Waals surface area contributed by atoms with Crippen LogP contribution in [0.5, 0.6) is 5.75 Å². The number of halogens is 3. The molecule has 1 N–H and O–H groups in total. The number of rotatable bonds is 3. The van der Waals surface area contributed by atoms with Crippen molar-refractivity contribution >= 4 is 0 Å². The molecule has 0 fully saturated rings. The maximum Gasteiger partial charge on any atom is 0.391 e. The lowest BCUT2D eigenvalue weighted by Crippen LogP contribution is -2.14. The first-order chi connectivity index (χ1) is 7.33. The van der Waals surface area contributed by atoms with E-state index in [2.05, 4.69) is 0 Å². The molecule has 0 aromatic heterocycles. The number of alkyl halides is 3. The van der Waals surface area contributed by atoms with Gasteiger partial charge >= 0.3 is 6.18 Å². The fourth-order valence-electron chi connectivity index (χ4n) is 1.44. The van der Waals surface area contributed by atoms with Gasteiger partial charge in [0, 0.05) is 5.56 Å². The summed E-state index contributed by atoms with van der Waals surface area (Å²) < 4.78 is 41.3. The van der Waals surface area contributed by atoms with Gasteiger partial charge in [0.2, 0.25) is 0 Å². The Labute approximate surface area is 91.7 Å². The van der Waals surface area contributed by atoms with Crippen LogP contribution in [0.15, 0.2) is 18.2 Å². The summed E-state index contributed by atoms with van der Waals surface area (Å²) in [7, 11) is 1.36.